The maximum atomic E-state index is 12.9. The predicted molar refractivity (Wildman–Crippen MR) is 126 cm³/mol. The lowest BCUT2D eigenvalue weighted by Crippen LogP contribution is -2.25. The molecule has 0 spiro atoms. The van der Waals surface area contributed by atoms with Crippen LogP contribution in [0.25, 0.3) is 11.3 Å². The lowest BCUT2D eigenvalue weighted by molar-refractivity contribution is -0.115. The predicted octanol–water partition coefficient (Wildman–Crippen LogP) is 5.79. The second-order valence-corrected chi connectivity index (χ2v) is 8.63. The van der Waals surface area contributed by atoms with E-state index in [9.17, 15) is 20.0 Å². The molecule has 0 aliphatic heterocycles. The van der Waals surface area contributed by atoms with Crippen molar-refractivity contribution in [1.29, 1.82) is 5.26 Å². The monoisotopic (exact) mass is 465 g/mol. The molecule has 1 atom stereocenters. The van der Waals surface area contributed by atoms with Crippen molar-refractivity contribution in [3.63, 3.8) is 0 Å². The molecule has 0 fully saturated rings. The molecule has 1 heterocycles. The Balaban J connectivity index is 1.84. The third-order valence-electron chi connectivity index (χ3n) is 4.71. The number of nitrogens with zero attached hydrogens (tertiary/aromatic N) is 2. The highest BCUT2D eigenvalue weighted by molar-refractivity contribution is 8.00. The summed E-state index contributed by atoms with van der Waals surface area (Å²) in [5, 5.41) is 21.5. The Bertz CT molecular complexity index is 1210. The van der Waals surface area contributed by atoms with Crippen LogP contribution in [0.3, 0.4) is 0 Å². The fourth-order valence-corrected chi connectivity index (χ4v) is 4.14. The van der Waals surface area contributed by atoms with Gasteiger partial charge in [0.25, 0.3) is 0 Å². The van der Waals surface area contributed by atoms with Gasteiger partial charge in [-0.25, -0.2) is 9.78 Å². The zero-order valence-corrected chi connectivity index (χ0v) is 19.0. The summed E-state index contributed by atoms with van der Waals surface area (Å²) in [6.07, 6.45) is 0.483. The van der Waals surface area contributed by atoms with E-state index < -0.39 is 11.2 Å². The number of aryl methyl sites for hydroxylation is 1. The van der Waals surface area contributed by atoms with Crippen LogP contribution in [0.1, 0.15) is 34.8 Å². The minimum atomic E-state index is -1.18. The van der Waals surface area contributed by atoms with Crippen LogP contribution in [0.2, 0.25) is 5.02 Å². The molecule has 0 aliphatic carbocycles. The number of carboxylic acid groups (broad SMARTS) is 1. The molecule has 0 saturated carbocycles. The fraction of sp³-hybridized carbons (Fsp3) is 0.167. The molecule has 0 saturated heterocycles. The number of amides is 1. The maximum absolute atomic E-state index is 12.9. The van der Waals surface area contributed by atoms with Gasteiger partial charge in [0.1, 0.15) is 11.1 Å². The van der Waals surface area contributed by atoms with Crippen molar-refractivity contribution >= 4 is 40.9 Å². The van der Waals surface area contributed by atoms with Gasteiger partial charge in [-0.2, -0.15) is 5.26 Å². The van der Waals surface area contributed by atoms with Gasteiger partial charge in [0, 0.05) is 11.3 Å². The van der Waals surface area contributed by atoms with Gasteiger partial charge in [-0.05, 0) is 43.7 Å². The lowest BCUT2D eigenvalue weighted by atomic mass is 10.1. The van der Waals surface area contributed by atoms with Crippen molar-refractivity contribution in [2.75, 3.05) is 5.32 Å². The fourth-order valence-electron chi connectivity index (χ4n) is 2.95. The van der Waals surface area contributed by atoms with Crippen LogP contribution < -0.4 is 5.32 Å². The first kappa shape index (κ1) is 23.3. The van der Waals surface area contributed by atoms with E-state index in [-0.39, 0.29) is 16.5 Å². The number of hydrogen-bond donors (Lipinski definition) is 2. The second-order valence-electron chi connectivity index (χ2n) is 7.03. The number of rotatable bonds is 7. The quantitative estimate of drug-likeness (QED) is 0.428. The largest absolute Gasteiger partial charge is 0.478 e. The standard InChI is InChI=1S/C24H20ClN3O3S/c1-3-21(22(29)27-17-9-10-19(25)18(12-17)24(30)31)32-23-16(13-26)8-11-20(28-23)15-6-4-14(2)5-7-15/h4-12,21H,3H2,1-2H3,(H,27,29)(H,30,31). The third kappa shape index (κ3) is 5.47. The van der Waals surface area contributed by atoms with Crippen molar-refractivity contribution in [2.45, 2.75) is 30.5 Å². The maximum Gasteiger partial charge on any atom is 0.337 e. The number of aromatic carboxylic acids is 1. The first-order valence-electron chi connectivity index (χ1n) is 9.81. The number of aromatic nitrogens is 1. The topological polar surface area (TPSA) is 103 Å². The molecule has 0 bridgehead atoms. The number of hydrogen-bond acceptors (Lipinski definition) is 5. The molecule has 2 N–H and O–H groups in total. The number of anilines is 1. The van der Waals surface area contributed by atoms with E-state index in [1.165, 1.54) is 23.9 Å². The highest BCUT2D eigenvalue weighted by atomic mass is 35.5. The Kier molecular flexibility index (Phi) is 7.52. The lowest BCUT2D eigenvalue weighted by Gasteiger charge is -2.16. The molecular weight excluding hydrogens is 446 g/mol. The Labute approximate surface area is 195 Å². The van der Waals surface area contributed by atoms with Crippen LogP contribution >= 0.6 is 23.4 Å². The van der Waals surface area contributed by atoms with Crippen LogP contribution in [0, 0.1) is 18.3 Å². The summed E-state index contributed by atoms with van der Waals surface area (Å²) in [6.45, 7) is 3.86. The van der Waals surface area contributed by atoms with Gasteiger partial charge >= 0.3 is 5.97 Å². The Morgan fingerprint density at radius 2 is 1.91 bits per heavy atom. The number of halogens is 1. The van der Waals surface area contributed by atoms with E-state index in [4.69, 9.17) is 11.6 Å². The van der Waals surface area contributed by atoms with Gasteiger partial charge in [0.2, 0.25) is 5.91 Å². The van der Waals surface area contributed by atoms with Crippen LogP contribution in [-0.2, 0) is 4.79 Å². The molecule has 1 unspecified atom stereocenters. The van der Waals surface area contributed by atoms with Crippen molar-refractivity contribution in [3.05, 3.63) is 76.3 Å². The van der Waals surface area contributed by atoms with Crippen LogP contribution in [0.4, 0.5) is 5.69 Å². The van der Waals surface area contributed by atoms with Gasteiger partial charge in [0.15, 0.2) is 0 Å². The Morgan fingerprint density at radius 1 is 1.19 bits per heavy atom. The highest BCUT2D eigenvalue weighted by Gasteiger charge is 2.22. The Hall–Kier alpha value is -3.34. The summed E-state index contributed by atoms with van der Waals surface area (Å²) < 4.78 is 0. The van der Waals surface area contributed by atoms with E-state index >= 15 is 0 Å². The molecule has 6 nitrogen and oxygen atoms in total. The highest BCUT2D eigenvalue weighted by Crippen LogP contribution is 2.31. The van der Waals surface area contributed by atoms with Gasteiger partial charge in [-0.1, -0.05) is 60.1 Å². The summed E-state index contributed by atoms with van der Waals surface area (Å²) >= 11 is 7.10. The molecule has 3 rings (SSSR count). The smallest absolute Gasteiger partial charge is 0.337 e. The average molecular weight is 466 g/mol. The molecule has 162 valence electrons. The summed E-state index contributed by atoms with van der Waals surface area (Å²) in [4.78, 5) is 28.8. The SMILES string of the molecule is CCC(Sc1nc(-c2ccc(C)cc2)ccc1C#N)C(=O)Nc1ccc(Cl)c(C(=O)O)c1. The molecule has 1 amide bonds. The van der Waals surface area contributed by atoms with Crippen LogP contribution in [0.15, 0.2) is 59.6 Å². The molecular formula is C24H20ClN3O3S. The number of pyridine rings is 1. The van der Waals surface area contributed by atoms with Crippen molar-refractivity contribution < 1.29 is 14.7 Å². The van der Waals surface area contributed by atoms with Crippen molar-refractivity contribution in [2.24, 2.45) is 0 Å². The third-order valence-corrected chi connectivity index (χ3v) is 6.41. The first-order chi connectivity index (χ1) is 15.3. The number of benzene rings is 2. The summed E-state index contributed by atoms with van der Waals surface area (Å²) in [5.74, 6) is -1.49. The average Bonchev–Trinajstić information content (AvgIpc) is 2.78. The van der Waals surface area contributed by atoms with Crippen molar-refractivity contribution in [3.8, 4) is 17.3 Å². The zero-order valence-electron chi connectivity index (χ0n) is 17.4. The van der Waals surface area contributed by atoms with E-state index in [1.807, 2.05) is 38.1 Å². The van der Waals surface area contributed by atoms with E-state index in [0.29, 0.717) is 28.4 Å². The molecule has 32 heavy (non-hydrogen) atoms. The number of carbonyl (C=O) groups excluding carboxylic acids is 1. The van der Waals surface area contributed by atoms with Crippen molar-refractivity contribution in [1.82, 2.24) is 4.98 Å². The molecule has 1 aromatic heterocycles. The minimum Gasteiger partial charge on any atom is -0.478 e. The minimum absolute atomic E-state index is 0.0905. The van der Waals surface area contributed by atoms with Crippen LogP contribution in [-0.4, -0.2) is 27.2 Å². The first-order valence-corrected chi connectivity index (χ1v) is 11.1. The van der Waals surface area contributed by atoms with E-state index in [1.54, 1.807) is 18.2 Å². The number of nitriles is 1. The number of carboxylic acids is 1. The second kappa shape index (κ2) is 10.3. The number of thioether (sulfide) groups is 1. The number of carbonyl (C=O) groups is 2. The molecule has 0 aliphatic rings. The van der Waals surface area contributed by atoms with E-state index in [2.05, 4.69) is 16.4 Å². The summed E-state index contributed by atoms with van der Waals surface area (Å²) in [6, 6.07) is 17.8. The molecule has 2 aromatic carbocycles. The van der Waals surface area contributed by atoms with Gasteiger partial charge in [0.05, 0.1) is 27.1 Å². The Morgan fingerprint density at radius 3 is 2.53 bits per heavy atom. The van der Waals surface area contributed by atoms with Gasteiger partial charge in [-0.15, -0.1) is 0 Å². The number of nitrogens with one attached hydrogen (secondary N) is 1. The van der Waals surface area contributed by atoms with E-state index in [0.717, 1.165) is 11.1 Å². The van der Waals surface area contributed by atoms with Gasteiger partial charge < -0.3 is 10.4 Å². The van der Waals surface area contributed by atoms with Gasteiger partial charge in [-0.3, -0.25) is 4.79 Å². The summed E-state index contributed by atoms with van der Waals surface area (Å²) in [7, 11) is 0. The van der Waals surface area contributed by atoms with Crippen LogP contribution in [0.5, 0.6) is 0 Å². The zero-order chi connectivity index (χ0) is 23.3. The summed E-state index contributed by atoms with van der Waals surface area (Å²) in [5.41, 5.74) is 3.39. The normalized spacial score (nSPS) is 11.4. The molecule has 8 heteroatoms. The molecule has 0 radical (unpaired) electrons. The molecule has 3 aromatic rings.